The van der Waals surface area contributed by atoms with Gasteiger partial charge < -0.3 is 0 Å². The second-order valence-corrected chi connectivity index (χ2v) is 6.44. The van der Waals surface area contributed by atoms with Gasteiger partial charge in [0.15, 0.2) is 0 Å². The Bertz CT molecular complexity index is 446. The summed E-state index contributed by atoms with van der Waals surface area (Å²) in [5, 5.41) is 0. The molecular weight excluding hydrogens is 277 g/mol. The van der Waals surface area contributed by atoms with Crippen molar-refractivity contribution in [3.8, 4) is 0 Å². The Labute approximate surface area is 123 Å². The van der Waals surface area contributed by atoms with Gasteiger partial charge in [0.2, 0.25) is 0 Å². The summed E-state index contributed by atoms with van der Waals surface area (Å²) in [7, 11) is 0. The summed E-state index contributed by atoms with van der Waals surface area (Å²) < 4.78 is 37.9. The van der Waals surface area contributed by atoms with E-state index in [0.29, 0.717) is 17.8 Å². The summed E-state index contributed by atoms with van der Waals surface area (Å²) in [6, 6.07) is 5.26. The molecule has 21 heavy (non-hydrogen) atoms. The fourth-order valence-electron chi connectivity index (χ4n) is 3.67. The summed E-state index contributed by atoms with van der Waals surface area (Å²) >= 11 is 0. The summed E-state index contributed by atoms with van der Waals surface area (Å²) in [5.41, 5.74) is 3.02. The third kappa shape index (κ3) is 3.98. The number of hydrogen-bond donors (Lipinski definition) is 2. The first-order chi connectivity index (χ1) is 9.81. The van der Waals surface area contributed by atoms with Gasteiger partial charge in [-0.2, -0.15) is 13.2 Å². The Kier molecular flexibility index (Phi) is 4.94. The smallest absolute Gasteiger partial charge is 0.271 e. The molecule has 1 aliphatic rings. The minimum Gasteiger partial charge on any atom is -0.271 e. The summed E-state index contributed by atoms with van der Waals surface area (Å²) in [6.45, 7) is 4.45. The van der Waals surface area contributed by atoms with Crippen molar-refractivity contribution in [1.82, 2.24) is 5.43 Å². The number of hydrogen-bond acceptors (Lipinski definition) is 2. The highest BCUT2D eigenvalue weighted by molar-refractivity contribution is 5.27. The van der Waals surface area contributed by atoms with Gasteiger partial charge in [0, 0.05) is 6.04 Å². The summed E-state index contributed by atoms with van der Waals surface area (Å²) in [4.78, 5) is 0. The molecule has 0 aliphatic heterocycles. The molecule has 0 heterocycles. The van der Waals surface area contributed by atoms with Gasteiger partial charge in [-0.3, -0.25) is 11.3 Å². The van der Waals surface area contributed by atoms with Gasteiger partial charge in [-0.1, -0.05) is 26.0 Å². The normalized spacial score (nSPS) is 28.4. The predicted molar refractivity (Wildman–Crippen MR) is 77.2 cm³/mol. The topological polar surface area (TPSA) is 38.0 Å². The molecule has 3 unspecified atom stereocenters. The van der Waals surface area contributed by atoms with E-state index in [2.05, 4.69) is 19.3 Å². The van der Waals surface area contributed by atoms with Crippen molar-refractivity contribution in [3.05, 3.63) is 35.4 Å². The number of nitrogens with one attached hydrogen (secondary N) is 1. The van der Waals surface area contributed by atoms with Crippen molar-refractivity contribution in [2.24, 2.45) is 23.6 Å². The van der Waals surface area contributed by atoms with E-state index in [4.69, 9.17) is 5.84 Å². The molecular formula is C16H23F3N2. The van der Waals surface area contributed by atoms with E-state index < -0.39 is 11.7 Å². The maximum absolute atomic E-state index is 12.6. The third-order valence-electron chi connectivity index (χ3n) is 4.46. The highest BCUT2D eigenvalue weighted by Gasteiger charge is 2.32. The van der Waals surface area contributed by atoms with E-state index in [1.54, 1.807) is 0 Å². The van der Waals surface area contributed by atoms with E-state index in [1.165, 1.54) is 18.6 Å². The minimum absolute atomic E-state index is 0.0857. The molecule has 0 bridgehead atoms. The van der Waals surface area contributed by atoms with Crippen LogP contribution in [0.4, 0.5) is 13.2 Å². The van der Waals surface area contributed by atoms with Gasteiger partial charge in [-0.05, 0) is 54.7 Å². The third-order valence-corrected chi connectivity index (χ3v) is 4.46. The average molecular weight is 300 g/mol. The first-order valence-electron chi connectivity index (χ1n) is 7.44. The van der Waals surface area contributed by atoms with Crippen molar-refractivity contribution in [2.75, 3.05) is 0 Å². The van der Waals surface area contributed by atoms with Crippen molar-refractivity contribution in [2.45, 2.75) is 45.3 Å². The minimum atomic E-state index is -4.29. The van der Waals surface area contributed by atoms with Crippen LogP contribution in [-0.2, 0) is 6.18 Å². The number of rotatable bonds is 3. The lowest BCUT2D eigenvalue weighted by atomic mass is 9.72. The van der Waals surface area contributed by atoms with Crippen LogP contribution in [0.3, 0.4) is 0 Å². The van der Waals surface area contributed by atoms with E-state index in [0.717, 1.165) is 30.5 Å². The highest BCUT2D eigenvalue weighted by Crippen LogP contribution is 2.40. The van der Waals surface area contributed by atoms with E-state index >= 15 is 0 Å². The molecule has 1 fully saturated rings. The molecule has 1 saturated carbocycles. The Morgan fingerprint density at radius 2 is 1.57 bits per heavy atom. The van der Waals surface area contributed by atoms with Gasteiger partial charge in [-0.15, -0.1) is 0 Å². The van der Waals surface area contributed by atoms with Crippen molar-refractivity contribution >= 4 is 0 Å². The predicted octanol–water partition coefficient (Wildman–Crippen LogP) is 4.28. The molecule has 1 aromatic rings. The lowest BCUT2D eigenvalue weighted by Gasteiger charge is -2.36. The lowest BCUT2D eigenvalue weighted by molar-refractivity contribution is -0.137. The van der Waals surface area contributed by atoms with Gasteiger partial charge in [0.05, 0.1) is 5.56 Å². The molecule has 118 valence electrons. The molecule has 2 nitrogen and oxygen atoms in total. The molecule has 3 N–H and O–H groups in total. The van der Waals surface area contributed by atoms with E-state index in [9.17, 15) is 13.2 Å². The van der Waals surface area contributed by atoms with Gasteiger partial charge >= 0.3 is 6.18 Å². The molecule has 5 heteroatoms. The standard InChI is InChI=1S/C16H23F3N2/c1-10-7-11(2)9-13(8-10)15(21-20)12-3-5-14(6-4-12)16(17,18)19/h3-6,10-11,13,15,21H,7-9,20H2,1-2H3. The molecule has 1 aliphatic carbocycles. The molecule has 0 amide bonds. The largest absolute Gasteiger partial charge is 0.416 e. The van der Waals surface area contributed by atoms with Gasteiger partial charge in [0.1, 0.15) is 0 Å². The molecule has 3 atom stereocenters. The lowest BCUT2D eigenvalue weighted by Crippen LogP contribution is -2.37. The molecule has 0 radical (unpaired) electrons. The maximum Gasteiger partial charge on any atom is 0.416 e. The van der Waals surface area contributed by atoms with Crippen LogP contribution in [0, 0.1) is 17.8 Å². The molecule has 0 saturated heterocycles. The first-order valence-corrected chi connectivity index (χ1v) is 7.44. The first kappa shape index (κ1) is 16.3. The number of benzene rings is 1. The zero-order chi connectivity index (χ0) is 15.6. The number of hydrazine groups is 1. The second kappa shape index (κ2) is 6.36. The SMILES string of the molecule is CC1CC(C)CC(C(NN)c2ccc(C(F)(F)F)cc2)C1. The summed E-state index contributed by atoms with van der Waals surface area (Å²) in [6.07, 6.45) is -0.973. The average Bonchev–Trinajstić information content (AvgIpc) is 2.38. The Hall–Kier alpha value is -1.07. The number of alkyl halides is 3. The van der Waals surface area contributed by atoms with Crippen LogP contribution in [0.25, 0.3) is 0 Å². The Balaban J connectivity index is 2.17. The molecule has 0 spiro atoms. The molecule has 1 aromatic carbocycles. The maximum atomic E-state index is 12.6. The monoisotopic (exact) mass is 300 g/mol. The fourth-order valence-corrected chi connectivity index (χ4v) is 3.67. The van der Waals surface area contributed by atoms with Crippen molar-refractivity contribution in [3.63, 3.8) is 0 Å². The quantitative estimate of drug-likeness (QED) is 0.646. The van der Waals surface area contributed by atoms with Gasteiger partial charge in [0.25, 0.3) is 0 Å². The van der Waals surface area contributed by atoms with Gasteiger partial charge in [-0.25, -0.2) is 0 Å². The van der Waals surface area contributed by atoms with Crippen LogP contribution < -0.4 is 11.3 Å². The molecule has 2 rings (SSSR count). The van der Waals surface area contributed by atoms with Crippen LogP contribution in [0.15, 0.2) is 24.3 Å². The van der Waals surface area contributed by atoms with Crippen LogP contribution in [0.1, 0.15) is 50.3 Å². The van der Waals surface area contributed by atoms with Crippen molar-refractivity contribution in [1.29, 1.82) is 0 Å². The highest BCUT2D eigenvalue weighted by atomic mass is 19.4. The zero-order valence-corrected chi connectivity index (χ0v) is 12.5. The van der Waals surface area contributed by atoms with E-state index in [-0.39, 0.29) is 6.04 Å². The Morgan fingerprint density at radius 1 is 1.05 bits per heavy atom. The van der Waals surface area contributed by atoms with Crippen LogP contribution >= 0.6 is 0 Å². The number of halogens is 3. The summed E-state index contributed by atoms with van der Waals surface area (Å²) in [5.74, 6) is 7.30. The fraction of sp³-hybridized carbons (Fsp3) is 0.625. The van der Waals surface area contributed by atoms with Crippen molar-refractivity contribution < 1.29 is 13.2 Å². The van der Waals surface area contributed by atoms with Crippen LogP contribution in [-0.4, -0.2) is 0 Å². The van der Waals surface area contributed by atoms with Crippen LogP contribution in [0.5, 0.6) is 0 Å². The van der Waals surface area contributed by atoms with E-state index in [1.807, 2.05) is 0 Å². The second-order valence-electron chi connectivity index (χ2n) is 6.44. The Morgan fingerprint density at radius 3 is 2.00 bits per heavy atom. The number of nitrogens with two attached hydrogens (primary N) is 1. The zero-order valence-electron chi connectivity index (χ0n) is 12.5. The molecule has 0 aromatic heterocycles. The van der Waals surface area contributed by atoms with Crippen LogP contribution in [0.2, 0.25) is 0 Å².